The molecule has 2 aliphatic heterocycles. The van der Waals surface area contributed by atoms with Crippen molar-refractivity contribution in [2.75, 3.05) is 26.2 Å². The highest BCUT2D eigenvalue weighted by Crippen LogP contribution is 2.26. The molecule has 1 aromatic rings. The van der Waals surface area contributed by atoms with E-state index in [1.165, 1.54) is 4.31 Å². The largest absolute Gasteiger partial charge is 0.342 e. The van der Waals surface area contributed by atoms with Crippen LogP contribution in [0, 0.1) is 5.92 Å². The first-order chi connectivity index (χ1) is 11.0. The van der Waals surface area contributed by atoms with E-state index in [1.54, 1.807) is 24.3 Å². The fourth-order valence-corrected chi connectivity index (χ4v) is 5.03. The van der Waals surface area contributed by atoms with E-state index in [0.29, 0.717) is 30.8 Å². The lowest BCUT2D eigenvalue weighted by Gasteiger charge is -2.32. The van der Waals surface area contributed by atoms with Crippen molar-refractivity contribution in [3.05, 3.63) is 28.7 Å². The van der Waals surface area contributed by atoms with Gasteiger partial charge < -0.3 is 4.90 Å². The molecule has 0 aliphatic carbocycles. The number of rotatable bonds is 3. The standard InChI is InChI=1S/C16H21BrN2O3S/c17-14-3-5-15(6-4-14)23(21,22)19-11-7-13(8-12-19)16(20)18-9-1-2-10-18/h3-6,13H,1-2,7-12H2. The molecule has 0 saturated carbocycles. The summed E-state index contributed by atoms with van der Waals surface area (Å²) in [5.74, 6) is 0.188. The minimum Gasteiger partial charge on any atom is -0.342 e. The molecule has 0 N–H and O–H groups in total. The van der Waals surface area contributed by atoms with Gasteiger partial charge in [0.2, 0.25) is 15.9 Å². The van der Waals surface area contributed by atoms with Gasteiger partial charge in [-0.2, -0.15) is 4.31 Å². The Bertz CT molecular complexity index is 661. The lowest BCUT2D eigenvalue weighted by molar-refractivity contribution is -0.135. The average Bonchev–Trinajstić information content (AvgIpc) is 3.09. The number of sulfonamides is 1. The molecule has 7 heteroatoms. The van der Waals surface area contributed by atoms with Gasteiger partial charge in [0.15, 0.2) is 0 Å². The fraction of sp³-hybridized carbons (Fsp3) is 0.562. The molecule has 0 spiro atoms. The molecule has 1 amide bonds. The second-order valence-corrected chi connectivity index (χ2v) is 9.02. The summed E-state index contributed by atoms with van der Waals surface area (Å²) < 4.78 is 27.7. The first kappa shape index (κ1) is 16.9. The maximum Gasteiger partial charge on any atom is 0.243 e. The number of hydrogen-bond acceptors (Lipinski definition) is 3. The Morgan fingerprint density at radius 1 is 1.00 bits per heavy atom. The van der Waals surface area contributed by atoms with Crippen LogP contribution in [0.25, 0.3) is 0 Å². The van der Waals surface area contributed by atoms with Crippen LogP contribution in [0.3, 0.4) is 0 Å². The van der Waals surface area contributed by atoms with Gasteiger partial charge in [-0.3, -0.25) is 4.79 Å². The average molecular weight is 401 g/mol. The van der Waals surface area contributed by atoms with Gasteiger partial charge in [0.1, 0.15) is 0 Å². The second kappa shape index (κ2) is 6.91. The zero-order valence-corrected chi connectivity index (χ0v) is 15.4. The Balaban J connectivity index is 1.64. The van der Waals surface area contributed by atoms with E-state index in [0.717, 1.165) is 30.4 Å². The number of carbonyl (C=O) groups is 1. The lowest BCUT2D eigenvalue weighted by Crippen LogP contribution is -2.43. The zero-order chi connectivity index (χ0) is 16.4. The van der Waals surface area contributed by atoms with Crippen molar-refractivity contribution in [1.82, 2.24) is 9.21 Å². The first-order valence-electron chi connectivity index (χ1n) is 8.03. The fourth-order valence-electron chi connectivity index (χ4n) is 3.29. The lowest BCUT2D eigenvalue weighted by atomic mass is 9.97. The molecule has 23 heavy (non-hydrogen) atoms. The summed E-state index contributed by atoms with van der Waals surface area (Å²) in [6, 6.07) is 6.69. The molecule has 2 aliphatic rings. The molecular weight excluding hydrogens is 380 g/mol. The van der Waals surface area contributed by atoms with E-state index in [4.69, 9.17) is 0 Å². The van der Waals surface area contributed by atoms with Gasteiger partial charge in [0.25, 0.3) is 0 Å². The third-order valence-electron chi connectivity index (χ3n) is 4.67. The maximum absolute atomic E-state index is 12.6. The molecule has 5 nitrogen and oxygen atoms in total. The highest BCUT2D eigenvalue weighted by Gasteiger charge is 2.34. The van der Waals surface area contributed by atoms with Crippen LogP contribution in [-0.4, -0.2) is 49.7 Å². The monoisotopic (exact) mass is 400 g/mol. The number of piperidine rings is 1. The molecule has 2 fully saturated rings. The van der Waals surface area contributed by atoms with E-state index < -0.39 is 10.0 Å². The van der Waals surface area contributed by atoms with Crippen molar-refractivity contribution in [2.24, 2.45) is 5.92 Å². The van der Waals surface area contributed by atoms with Crippen LogP contribution >= 0.6 is 15.9 Å². The van der Waals surface area contributed by atoms with Crippen LogP contribution in [0.1, 0.15) is 25.7 Å². The van der Waals surface area contributed by atoms with Crippen LogP contribution in [0.15, 0.2) is 33.6 Å². The van der Waals surface area contributed by atoms with Gasteiger partial charge in [-0.05, 0) is 49.9 Å². The van der Waals surface area contributed by atoms with E-state index in [-0.39, 0.29) is 11.8 Å². The number of amides is 1. The number of hydrogen-bond donors (Lipinski definition) is 0. The SMILES string of the molecule is O=C(C1CCN(S(=O)(=O)c2ccc(Br)cc2)CC1)N1CCCC1. The normalized spacial score (nSPS) is 20.8. The molecule has 0 bridgehead atoms. The molecule has 0 unspecified atom stereocenters. The maximum atomic E-state index is 12.6. The summed E-state index contributed by atoms with van der Waals surface area (Å²) in [4.78, 5) is 14.7. The highest BCUT2D eigenvalue weighted by molar-refractivity contribution is 9.10. The quantitative estimate of drug-likeness (QED) is 0.782. The van der Waals surface area contributed by atoms with E-state index >= 15 is 0 Å². The van der Waals surface area contributed by atoms with Crippen LogP contribution in [0.2, 0.25) is 0 Å². The van der Waals surface area contributed by atoms with Crippen molar-refractivity contribution in [1.29, 1.82) is 0 Å². The molecule has 2 heterocycles. The third kappa shape index (κ3) is 3.61. The molecule has 1 aromatic carbocycles. The predicted molar refractivity (Wildman–Crippen MR) is 91.4 cm³/mol. The Morgan fingerprint density at radius 2 is 1.57 bits per heavy atom. The zero-order valence-electron chi connectivity index (χ0n) is 12.9. The van der Waals surface area contributed by atoms with E-state index in [9.17, 15) is 13.2 Å². The number of nitrogens with zero attached hydrogens (tertiary/aromatic N) is 2. The summed E-state index contributed by atoms with van der Waals surface area (Å²) in [5.41, 5.74) is 0. The van der Waals surface area contributed by atoms with Gasteiger partial charge in [0, 0.05) is 36.6 Å². The molecule has 0 atom stereocenters. The van der Waals surface area contributed by atoms with Gasteiger partial charge in [0.05, 0.1) is 4.90 Å². The summed E-state index contributed by atoms with van der Waals surface area (Å²) in [6.45, 7) is 2.55. The molecule has 0 aromatic heterocycles. The summed E-state index contributed by atoms with van der Waals surface area (Å²) >= 11 is 3.31. The smallest absolute Gasteiger partial charge is 0.243 e. The Kier molecular flexibility index (Phi) is 5.08. The number of likely N-dealkylation sites (tertiary alicyclic amines) is 1. The van der Waals surface area contributed by atoms with E-state index in [2.05, 4.69) is 15.9 Å². The van der Waals surface area contributed by atoms with Gasteiger partial charge in [-0.15, -0.1) is 0 Å². The molecular formula is C16H21BrN2O3S. The van der Waals surface area contributed by atoms with Crippen LogP contribution < -0.4 is 0 Å². The Labute approximate surface area is 145 Å². The van der Waals surface area contributed by atoms with Crippen molar-refractivity contribution in [3.8, 4) is 0 Å². The van der Waals surface area contributed by atoms with Gasteiger partial charge >= 0.3 is 0 Å². The van der Waals surface area contributed by atoms with Crippen LogP contribution in [-0.2, 0) is 14.8 Å². The minimum atomic E-state index is -3.46. The highest BCUT2D eigenvalue weighted by atomic mass is 79.9. The number of benzene rings is 1. The third-order valence-corrected chi connectivity index (χ3v) is 7.11. The molecule has 2 saturated heterocycles. The number of halogens is 1. The van der Waals surface area contributed by atoms with Crippen molar-refractivity contribution in [3.63, 3.8) is 0 Å². The predicted octanol–water partition coefficient (Wildman–Crippen LogP) is 2.47. The topological polar surface area (TPSA) is 57.7 Å². The summed E-state index contributed by atoms with van der Waals surface area (Å²) in [5, 5.41) is 0. The van der Waals surface area contributed by atoms with Gasteiger partial charge in [-0.25, -0.2) is 8.42 Å². The van der Waals surface area contributed by atoms with Crippen molar-refractivity contribution >= 4 is 31.9 Å². The minimum absolute atomic E-state index is 0.0236. The summed E-state index contributed by atoms with van der Waals surface area (Å²) in [7, 11) is -3.46. The van der Waals surface area contributed by atoms with Gasteiger partial charge in [-0.1, -0.05) is 15.9 Å². The van der Waals surface area contributed by atoms with E-state index in [1.807, 2.05) is 4.90 Å². The van der Waals surface area contributed by atoms with Crippen LogP contribution in [0.5, 0.6) is 0 Å². The number of carbonyl (C=O) groups excluding carboxylic acids is 1. The Morgan fingerprint density at radius 3 is 2.13 bits per heavy atom. The molecule has 0 radical (unpaired) electrons. The Hall–Kier alpha value is -0.920. The van der Waals surface area contributed by atoms with Crippen molar-refractivity contribution in [2.45, 2.75) is 30.6 Å². The first-order valence-corrected chi connectivity index (χ1v) is 10.3. The molecule has 3 rings (SSSR count). The van der Waals surface area contributed by atoms with Crippen LogP contribution in [0.4, 0.5) is 0 Å². The second-order valence-electron chi connectivity index (χ2n) is 6.16. The molecule has 126 valence electrons. The summed E-state index contributed by atoms with van der Waals surface area (Å²) in [6.07, 6.45) is 3.40. The van der Waals surface area contributed by atoms with Crippen molar-refractivity contribution < 1.29 is 13.2 Å².